The molecule has 1 N–H and O–H groups in total. The molecular formula is C17H25NO2S. The first-order chi connectivity index (χ1) is 10.1. The molecule has 0 aromatic heterocycles. The van der Waals surface area contributed by atoms with Crippen molar-refractivity contribution in [3.63, 3.8) is 0 Å². The van der Waals surface area contributed by atoms with E-state index in [2.05, 4.69) is 36.5 Å². The van der Waals surface area contributed by atoms with Gasteiger partial charge < -0.3 is 5.32 Å². The van der Waals surface area contributed by atoms with Crippen molar-refractivity contribution in [1.82, 2.24) is 5.32 Å². The largest absolute Gasteiger partial charge is 0.310 e. The molecule has 1 aliphatic heterocycles. The third-order valence-electron chi connectivity index (χ3n) is 4.67. The van der Waals surface area contributed by atoms with Crippen molar-refractivity contribution >= 4 is 9.84 Å². The average Bonchev–Trinajstić information content (AvgIpc) is 3.25. The molecule has 1 heterocycles. The van der Waals surface area contributed by atoms with E-state index in [0.29, 0.717) is 11.5 Å². The van der Waals surface area contributed by atoms with Gasteiger partial charge in [-0.25, -0.2) is 8.42 Å². The van der Waals surface area contributed by atoms with Gasteiger partial charge in [0.15, 0.2) is 9.84 Å². The maximum atomic E-state index is 11.8. The zero-order chi connectivity index (χ0) is 14.9. The molecule has 2 atom stereocenters. The topological polar surface area (TPSA) is 46.2 Å². The van der Waals surface area contributed by atoms with E-state index in [1.54, 1.807) is 0 Å². The summed E-state index contributed by atoms with van der Waals surface area (Å²) in [6.07, 6.45) is 4.46. The summed E-state index contributed by atoms with van der Waals surface area (Å²) in [6.45, 7) is 3.09. The number of rotatable bonds is 6. The molecule has 0 spiro atoms. The summed E-state index contributed by atoms with van der Waals surface area (Å²) in [7, 11) is -2.83. The van der Waals surface area contributed by atoms with E-state index >= 15 is 0 Å². The summed E-state index contributed by atoms with van der Waals surface area (Å²) in [5, 5.41) is 3.59. The number of benzene rings is 1. The molecule has 21 heavy (non-hydrogen) atoms. The van der Waals surface area contributed by atoms with Crippen LogP contribution in [0.3, 0.4) is 0 Å². The van der Waals surface area contributed by atoms with Crippen LogP contribution in [0.4, 0.5) is 0 Å². The van der Waals surface area contributed by atoms with Gasteiger partial charge in [0.2, 0.25) is 0 Å². The monoisotopic (exact) mass is 307 g/mol. The Morgan fingerprint density at radius 3 is 2.71 bits per heavy atom. The number of nitrogens with one attached hydrogen (secondary N) is 1. The predicted molar refractivity (Wildman–Crippen MR) is 86.2 cm³/mol. The lowest BCUT2D eigenvalue weighted by Gasteiger charge is -2.25. The summed E-state index contributed by atoms with van der Waals surface area (Å²) < 4.78 is 23.6. The first kappa shape index (κ1) is 15.0. The second-order valence-corrected chi connectivity index (χ2v) is 8.77. The molecule has 1 saturated carbocycles. The first-order valence-corrected chi connectivity index (χ1v) is 9.95. The van der Waals surface area contributed by atoms with Crippen molar-refractivity contribution in [3.8, 4) is 0 Å². The van der Waals surface area contributed by atoms with Crippen LogP contribution in [-0.2, 0) is 9.84 Å². The zero-order valence-electron chi connectivity index (χ0n) is 12.7. The van der Waals surface area contributed by atoms with Crippen molar-refractivity contribution in [2.45, 2.75) is 44.6 Å². The molecule has 0 amide bonds. The van der Waals surface area contributed by atoms with Gasteiger partial charge in [0.1, 0.15) is 0 Å². The minimum absolute atomic E-state index is 0.181. The zero-order valence-corrected chi connectivity index (χ0v) is 13.5. The minimum Gasteiger partial charge on any atom is -0.310 e. The van der Waals surface area contributed by atoms with Crippen molar-refractivity contribution in [2.24, 2.45) is 5.92 Å². The molecule has 3 rings (SSSR count). The highest BCUT2D eigenvalue weighted by molar-refractivity contribution is 7.91. The van der Waals surface area contributed by atoms with Gasteiger partial charge in [-0.1, -0.05) is 31.2 Å². The summed E-state index contributed by atoms with van der Waals surface area (Å²) in [4.78, 5) is 0. The molecule has 1 aromatic rings. The highest BCUT2D eigenvalue weighted by Crippen LogP contribution is 2.41. The van der Waals surface area contributed by atoms with Crippen molar-refractivity contribution < 1.29 is 8.42 Å². The Kier molecular flexibility index (Phi) is 4.36. The van der Waals surface area contributed by atoms with Gasteiger partial charge in [-0.05, 0) is 55.2 Å². The molecule has 1 aromatic carbocycles. The van der Waals surface area contributed by atoms with E-state index in [9.17, 15) is 8.42 Å². The van der Waals surface area contributed by atoms with Gasteiger partial charge in [0.05, 0.1) is 11.5 Å². The fourth-order valence-electron chi connectivity index (χ4n) is 3.37. The first-order valence-electron chi connectivity index (χ1n) is 8.13. The highest BCUT2D eigenvalue weighted by atomic mass is 32.2. The Hall–Kier alpha value is -0.870. The minimum atomic E-state index is -2.83. The molecule has 2 fully saturated rings. The molecule has 3 nitrogen and oxygen atoms in total. The lowest BCUT2D eigenvalue weighted by atomic mass is 9.91. The Labute approximate surface area is 128 Å². The van der Waals surface area contributed by atoms with E-state index in [0.717, 1.165) is 25.3 Å². The molecule has 2 unspecified atom stereocenters. The van der Waals surface area contributed by atoms with Crippen molar-refractivity contribution in [3.05, 3.63) is 35.4 Å². The second kappa shape index (κ2) is 6.09. The summed E-state index contributed by atoms with van der Waals surface area (Å²) in [6, 6.07) is 8.98. The average molecular weight is 307 g/mol. The van der Waals surface area contributed by atoms with Gasteiger partial charge in [-0.3, -0.25) is 0 Å². The quantitative estimate of drug-likeness (QED) is 0.878. The third-order valence-corrected chi connectivity index (χ3v) is 6.47. The Morgan fingerprint density at radius 1 is 1.29 bits per heavy atom. The van der Waals surface area contributed by atoms with E-state index in [-0.39, 0.29) is 12.0 Å². The van der Waals surface area contributed by atoms with Crippen LogP contribution in [0.25, 0.3) is 0 Å². The van der Waals surface area contributed by atoms with E-state index in [4.69, 9.17) is 0 Å². The SMILES string of the molecule is CCCNC(c1cccc(C2CC2)c1)C1CCS(=O)(=O)C1. The number of hydrogen-bond acceptors (Lipinski definition) is 3. The third kappa shape index (κ3) is 3.67. The fourth-order valence-corrected chi connectivity index (χ4v) is 5.21. The fraction of sp³-hybridized carbons (Fsp3) is 0.647. The van der Waals surface area contributed by atoms with Crippen LogP contribution in [0.15, 0.2) is 24.3 Å². The molecule has 0 radical (unpaired) electrons. The predicted octanol–water partition coefficient (Wildman–Crippen LogP) is 3.04. The van der Waals surface area contributed by atoms with Crippen LogP contribution in [-0.4, -0.2) is 26.5 Å². The van der Waals surface area contributed by atoms with Crippen molar-refractivity contribution in [2.75, 3.05) is 18.1 Å². The van der Waals surface area contributed by atoms with Gasteiger partial charge in [0.25, 0.3) is 0 Å². The lowest BCUT2D eigenvalue weighted by Crippen LogP contribution is -2.29. The summed E-state index contributed by atoms with van der Waals surface area (Å²) >= 11 is 0. The van der Waals surface area contributed by atoms with E-state index in [1.165, 1.54) is 24.0 Å². The van der Waals surface area contributed by atoms with E-state index in [1.807, 2.05) is 0 Å². The molecule has 1 saturated heterocycles. The standard InChI is InChI=1S/C17H25NO2S/c1-2-9-18-17(16-8-10-21(19,20)12-16)15-5-3-4-14(11-15)13-6-7-13/h3-5,11,13,16-18H,2,6-10,12H2,1H3. The molecule has 2 aliphatic rings. The number of hydrogen-bond donors (Lipinski definition) is 1. The Balaban J connectivity index is 1.82. The molecule has 116 valence electrons. The van der Waals surface area contributed by atoms with Gasteiger partial charge in [0, 0.05) is 6.04 Å². The molecule has 4 heteroatoms. The smallest absolute Gasteiger partial charge is 0.150 e. The van der Waals surface area contributed by atoms with Crippen molar-refractivity contribution in [1.29, 1.82) is 0 Å². The van der Waals surface area contributed by atoms with Crippen LogP contribution >= 0.6 is 0 Å². The summed E-state index contributed by atoms with van der Waals surface area (Å²) in [5.74, 6) is 1.65. The van der Waals surface area contributed by atoms with Crippen LogP contribution in [0.1, 0.15) is 55.7 Å². The maximum Gasteiger partial charge on any atom is 0.150 e. The van der Waals surface area contributed by atoms with Crippen LogP contribution < -0.4 is 5.32 Å². The van der Waals surface area contributed by atoms with Crippen LogP contribution in [0.5, 0.6) is 0 Å². The van der Waals surface area contributed by atoms with Crippen LogP contribution in [0.2, 0.25) is 0 Å². The Morgan fingerprint density at radius 2 is 2.10 bits per heavy atom. The molecule has 0 bridgehead atoms. The van der Waals surface area contributed by atoms with Crippen LogP contribution in [0, 0.1) is 5.92 Å². The second-order valence-electron chi connectivity index (χ2n) is 6.54. The Bertz CT molecular complexity index is 593. The van der Waals surface area contributed by atoms with Gasteiger partial charge in [-0.2, -0.15) is 0 Å². The van der Waals surface area contributed by atoms with E-state index < -0.39 is 9.84 Å². The maximum absolute atomic E-state index is 11.8. The highest BCUT2D eigenvalue weighted by Gasteiger charge is 2.34. The van der Waals surface area contributed by atoms with Gasteiger partial charge >= 0.3 is 0 Å². The number of sulfone groups is 1. The summed E-state index contributed by atoms with van der Waals surface area (Å²) in [5.41, 5.74) is 2.70. The normalized spacial score (nSPS) is 25.9. The molecular weight excluding hydrogens is 282 g/mol. The lowest BCUT2D eigenvalue weighted by molar-refractivity contribution is 0.392. The molecule has 1 aliphatic carbocycles. The van der Waals surface area contributed by atoms with Gasteiger partial charge in [-0.15, -0.1) is 0 Å².